The Balaban J connectivity index is 2.36. The van der Waals surface area contributed by atoms with Gasteiger partial charge in [0.05, 0.1) is 19.9 Å². The zero-order chi connectivity index (χ0) is 17.2. The van der Waals surface area contributed by atoms with E-state index in [2.05, 4.69) is 4.99 Å². The zero-order valence-corrected chi connectivity index (χ0v) is 12.8. The third-order valence-corrected chi connectivity index (χ3v) is 3.61. The molecular formula is C14H19F2N5O2. The summed E-state index contributed by atoms with van der Waals surface area (Å²) in [6.07, 6.45) is -0.431. The van der Waals surface area contributed by atoms with Crippen LogP contribution < -0.4 is 20.9 Å². The third-order valence-electron chi connectivity index (χ3n) is 3.61. The number of ether oxygens (including phenoxy) is 2. The van der Waals surface area contributed by atoms with Gasteiger partial charge in [-0.05, 0) is 12.1 Å². The highest BCUT2D eigenvalue weighted by Gasteiger charge is 2.51. The van der Waals surface area contributed by atoms with Crippen LogP contribution in [0.5, 0.6) is 11.5 Å². The highest BCUT2D eigenvalue weighted by atomic mass is 19.3. The van der Waals surface area contributed by atoms with Crippen LogP contribution >= 0.6 is 0 Å². The van der Waals surface area contributed by atoms with Crippen molar-refractivity contribution in [2.45, 2.75) is 18.4 Å². The Morgan fingerprint density at radius 3 is 2.52 bits per heavy atom. The Bertz CT molecular complexity index is 636. The molecule has 0 aromatic heterocycles. The van der Waals surface area contributed by atoms with Crippen molar-refractivity contribution in [1.82, 2.24) is 4.90 Å². The first-order chi connectivity index (χ1) is 10.8. The second-order valence-electron chi connectivity index (χ2n) is 5.07. The van der Waals surface area contributed by atoms with Crippen LogP contribution in [0.25, 0.3) is 0 Å². The molecule has 126 valence electrons. The van der Waals surface area contributed by atoms with Gasteiger partial charge in [-0.2, -0.15) is 0 Å². The van der Waals surface area contributed by atoms with Gasteiger partial charge in [-0.3, -0.25) is 5.41 Å². The van der Waals surface area contributed by atoms with E-state index >= 15 is 0 Å². The fourth-order valence-corrected chi connectivity index (χ4v) is 2.50. The molecule has 0 aliphatic carbocycles. The zero-order valence-electron chi connectivity index (χ0n) is 12.8. The number of amidine groups is 1. The fourth-order valence-electron chi connectivity index (χ4n) is 2.50. The van der Waals surface area contributed by atoms with Gasteiger partial charge < -0.3 is 25.8 Å². The van der Waals surface area contributed by atoms with Crippen molar-refractivity contribution < 1.29 is 18.3 Å². The lowest BCUT2D eigenvalue weighted by molar-refractivity contribution is -0.00144. The monoisotopic (exact) mass is 327 g/mol. The summed E-state index contributed by atoms with van der Waals surface area (Å²) in [6.45, 7) is -0.0465. The lowest BCUT2D eigenvalue weighted by Gasteiger charge is -2.27. The first-order valence-electron chi connectivity index (χ1n) is 6.84. The minimum atomic E-state index is -3.10. The Labute approximate surface area is 132 Å². The lowest BCUT2D eigenvalue weighted by Crippen LogP contribution is -2.52. The number of nitrogens with zero attached hydrogens (tertiary/aromatic N) is 2. The number of methoxy groups -OCH3 is 2. The number of hydrogen-bond donors (Lipinski definition) is 3. The smallest absolute Gasteiger partial charge is 0.276 e. The Hall–Kier alpha value is -2.58. The normalized spacial score (nSPS) is 20.4. The average Bonchev–Trinajstić information content (AvgIpc) is 2.82. The number of guanidine groups is 1. The summed E-state index contributed by atoms with van der Waals surface area (Å²) >= 11 is 0. The molecule has 9 heteroatoms. The number of hydrogen-bond acceptors (Lipinski definition) is 4. The number of nitrogens with one attached hydrogen (secondary N) is 1. The Kier molecular flexibility index (Phi) is 4.57. The second kappa shape index (κ2) is 6.27. The second-order valence-corrected chi connectivity index (χ2v) is 5.07. The summed E-state index contributed by atoms with van der Waals surface area (Å²) < 4.78 is 38.3. The van der Waals surface area contributed by atoms with Gasteiger partial charge in [0.25, 0.3) is 5.92 Å². The molecule has 1 heterocycles. The van der Waals surface area contributed by atoms with Crippen LogP contribution in [0.15, 0.2) is 23.2 Å². The molecule has 1 aromatic rings. The molecule has 0 saturated carbocycles. The van der Waals surface area contributed by atoms with Gasteiger partial charge in [0.15, 0.2) is 23.5 Å². The molecule has 23 heavy (non-hydrogen) atoms. The standard InChI is InChI=1S/C14H19F2N5O2/c1-22-9-4-3-8(7-10(9)23-2)20-12(17)11-14(15,16)5-6-21(11)13(18)19/h3-4,7,11H,5-6H2,1-2H3,(H2,17,20)(H3,18,19). The number of nitrogens with two attached hydrogens (primary N) is 2. The average molecular weight is 327 g/mol. The number of rotatable bonds is 4. The predicted molar refractivity (Wildman–Crippen MR) is 82.8 cm³/mol. The quantitative estimate of drug-likeness (QED) is 0.570. The van der Waals surface area contributed by atoms with Crippen molar-refractivity contribution in [2.24, 2.45) is 16.5 Å². The van der Waals surface area contributed by atoms with Gasteiger partial charge in [-0.1, -0.05) is 0 Å². The van der Waals surface area contributed by atoms with Crippen LogP contribution in [0, 0.1) is 5.41 Å². The summed E-state index contributed by atoms with van der Waals surface area (Å²) in [5.41, 5.74) is 11.5. The van der Waals surface area contributed by atoms with Gasteiger partial charge in [0.2, 0.25) is 0 Å². The first kappa shape index (κ1) is 16.8. The maximum Gasteiger partial charge on any atom is 0.276 e. The van der Waals surface area contributed by atoms with Crippen molar-refractivity contribution in [3.8, 4) is 11.5 Å². The van der Waals surface area contributed by atoms with E-state index in [1.165, 1.54) is 20.3 Å². The Morgan fingerprint density at radius 1 is 1.30 bits per heavy atom. The molecule has 1 atom stereocenters. The SMILES string of the molecule is COc1ccc(N=C(N)C2N(C(=N)N)CCC2(F)F)cc1OC. The van der Waals surface area contributed by atoms with Crippen molar-refractivity contribution in [3.05, 3.63) is 18.2 Å². The van der Waals surface area contributed by atoms with Gasteiger partial charge in [-0.15, -0.1) is 0 Å². The summed E-state index contributed by atoms with van der Waals surface area (Å²) in [5.74, 6) is -2.98. The van der Waals surface area contributed by atoms with Crippen molar-refractivity contribution >= 4 is 17.5 Å². The molecule has 0 amide bonds. The number of alkyl halides is 2. The minimum Gasteiger partial charge on any atom is -0.493 e. The summed E-state index contributed by atoms with van der Waals surface area (Å²) in [6, 6.07) is 3.16. The van der Waals surface area contributed by atoms with E-state index in [9.17, 15) is 8.78 Å². The van der Waals surface area contributed by atoms with E-state index in [1.54, 1.807) is 12.1 Å². The van der Waals surface area contributed by atoms with E-state index in [0.717, 1.165) is 4.90 Å². The molecule has 1 unspecified atom stereocenters. The molecule has 1 aliphatic rings. The summed E-state index contributed by atoms with van der Waals surface area (Å²) in [5, 5.41) is 7.41. The molecular weight excluding hydrogens is 308 g/mol. The molecule has 5 N–H and O–H groups in total. The highest BCUT2D eigenvalue weighted by Crippen LogP contribution is 2.35. The van der Waals surface area contributed by atoms with Gasteiger partial charge in [-0.25, -0.2) is 13.8 Å². The van der Waals surface area contributed by atoms with Crippen LogP contribution in [0.2, 0.25) is 0 Å². The molecule has 7 nitrogen and oxygen atoms in total. The molecule has 0 spiro atoms. The van der Waals surface area contributed by atoms with Crippen molar-refractivity contribution in [2.75, 3.05) is 20.8 Å². The van der Waals surface area contributed by atoms with Crippen LogP contribution in [-0.4, -0.2) is 49.4 Å². The van der Waals surface area contributed by atoms with E-state index < -0.39 is 24.3 Å². The number of benzene rings is 1. The van der Waals surface area contributed by atoms with E-state index in [-0.39, 0.29) is 12.4 Å². The van der Waals surface area contributed by atoms with Gasteiger partial charge in [0, 0.05) is 19.0 Å². The molecule has 0 bridgehead atoms. The van der Waals surface area contributed by atoms with Crippen LogP contribution in [0.3, 0.4) is 0 Å². The van der Waals surface area contributed by atoms with Crippen LogP contribution in [0.1, 0.15) is 6.42 Å². The van der Waals surface area contributed by atoms with Crippen molar-refractivity contribution in [3.63, 3.8) is 0 Å². The predicted octanol–water partition coefficient (Wildman–Crippen LogP) is 1.30. The van der Waals surface area contributed by atoms with E-state index in [0.29, 0.717) is 17.2 Å². The fraction of sp³-hybridized carbons (Fsp3) is 0.429. The number of halogens is 2. The maximum absolute atomic E-state index is 14.0. The first-order valence-corrected chi connectivity index (χ1v) is 6.84. The minimum absolute atomic E-state index is 0.0465. The highest BCUT2D eigenvalue weighted by molar-refractivity contribution is 5.93. The Morgan fingerprint density at radius 2 is 1.96 bits per heavy atom. The third kappa shape index (κ3) is 3.27. The van der Waals surface area contributed by atoms with Gasteiger partial charge >= 0.3 is 0 Å². The number of aliphatic imine (C=N–C) groups is 1. The van der Waals surface area contributed by atoms with E-state index in [1.807, 2.05) is 0 Å². The van der Waals surface area contributed by atoms with Gasteiger partial charge in [0.1, 0.15) is 5.84 Å². The maximum atomic E-state index is 14.0. The molecule has 2 rings (SSSR count). The molecule has 0 radical (unpaired) electrons. The summed E-state index contributed by atoms with van der Waals surface area (Å²) in [7, 11) is 2.94. The topological polar surface area (TPSA) is 110 Å². The molecule has 1 fully saturated rings. The largest absolute Gasteiger partial charge is 0.493 e. The van der Waals surface area contributed by atoms with Crippen LogP contribution in [0.4, 0.5) is 14.5 Å². The molecule has 1 saturated heterocycles. The van der Waals surface area contributed by atoms with E-state index in [4.69, 9.17) is 26.4 Å². The molecule has 1 aromatic carbocycles. The molecule has 1 aliphatic heterocycles. The van der Waals surface area contributed by atoms with Crippen molar-refractivity contribution in [1.29, 1.82) is 5.41 Å². The van der Waals surface area contributed by atoms with Crippen LogP contribution in [-0.2, 0) is 0 Å². The number of likely N-dealkylation sites (tertiary alicyclic amines) is 1. The summed E-state index contributed by atoms with van der Waals surface area (Å²) in [4.78, 5) is 5.08. The lowest BCUT2D eigenvalue weighted by atomic mass is 10.1.